The number of hydrogen-bond acceptors (Lipinski definition) is 3. The standard InChI is InChI=1S/C14H19F3N4O/c1-5-13(4,7-18)19-12(22)6-11-9(2)20-21(10(11)3)8-14(15,16)17/h5-6,8H2,1-4H3,(H,19,22)/t13-/m1/s1. The third-order valence-corrected chi connectivity index (χ3v) is 3.57. The molecular weight excluding hydrogens is 297 g/mol. The van der Waals surface area contributed by atoms with Crippen LogP contribution in [0.25, 0.3) is 0 Å². The summed E-state index contributed by atoms with van der Waals surface area (Å²) in [5, 5.41) is 15.5. The summed E-state index contributed by atoms with van der Waals surface area (Å²) in [4.78, 5) is 12.0. The Kier molecular flexibility index (Phi) is 5.22. The highest BCUT2D eigenvalue weighted by atomic mass is 19.4. The van der Waals surface area contributed by atoms with Crippen LogP contribution in [-0.2, 0) is 17.8 Å². The van der Waals surface area contributed by atoms with Gasteiger partial charge in [-0.2, -0.15) is 23.5 Å². The molecule has 1 atom stereocenters. The normalized spacial score (nSPS) is 14.3. The summed E-state index contributed by atoms with van der Waals surface area (Å²) >= 11 is 0. The van der Waals surface area contributed by atoms with Gasteiger partial charge in [-0.3, -0.25) is 9.48 Å². The number of rotatable bonds is 5. The van der Waals surface area contributed by atoms with Crippen molar-refractivity contribution in [2.24, 2.45) is 0 Å². The minimum atomic E-state index is -4.37. The van der Waals surface area contributed by atoms with E-state index in [1.54, 1.807) is 20.8 Å². The van der Waals surface area contributed by atoms with Crippen molar-refractivity contribution in [1.82, 2.24) is 15.1 Å². The fraction of sp³-hybridized carbons (Fsp3) is 0.643. The van der Waals surface area contributed by atoms with Gasteiger partial charge in [-0.05, 0) is 27.2 Å². The molecule has 0 saturated heterocycles. The predicted octanol–water partition coefficient (Wildman–Crippen LogP) is 2.41. The first kappa shape index (κ1) is 18.0. The molecule has 0 aliphatic carbocycles. The second kappa shape index (κ2) is 6.38. The van der Waals surface area contributed by atoms with Gasteiger partial charge in [-0.1, -0.05) is 6.92 Å². The molecule has 1 amide bonds. The molecule has 0 fully saturated rings. The van der Waals surface area contributed by atoms with Gasteiger partial charge in [-0.25, -0.2) is 0 Å². The molecule has 0 unspecified atom stereocenters. The molecule has 0 aromatic carbocycles. The Bertz CT molecular complexity index is 600. The summed E-state index contributed by atoms with van der Waals surface area (Å²) in [7, 11) is 0. The molecule has 0 radical (unpaired) electrons. The first-order valence-electron chi connectivity index (χ1n) is 6.83. The van der Waals surface area contributed by atoms with Crippen LogP contribution >= 0.6 is 0 Å². The lowest BCUT2D eigenvalue weighted by Crippen LogP contribution is -2.45. The number of hydrogen-bond donors (Lipinski definition) is 1. The maximum absolute atomic E-state index is 12.5. The van der Waals surface area contributed by atoms with E-state index in [1.165, 1.54) is 6.92 Å². The van der Waals surface area contributed by atoms with Crippen molar-refractivity contribution in [2.45, 2.75) is 58.8 Å². The number of alkyl halides is 3. The van der Waals surface area contributed by atoms with E-state index in [4.69, 9.17) is 5.26 Å². The molecule has 1 rings (SSSR count). The highest BCUT2D eigenvalue weighted by Crippen LogP contribution is 2.21. The van der Waals surface area contributed by atoms with E-state index in [1.807, 2.05) is 6.07 Å². The van der Waals surface area contributed by atoms with Crippen LogP contribution in [0.15, 0.2) is 0 Å². The molecule has 1 aromatic heterocycles. The molecule has 0 bridgehead atoms. The van der Waals surface area contributed by atoms with Gasteiger partial charge in [0, 0.05) is 11.3 Å². The molecule has 8 heteroatoms. The molecule has 0 aliphatic heterocycles. The molecule has 1 heterocycles. The third-order valence-electron chi connectivity index (χ3n) is 3.57. The number of halogens is 3. The number of aromatic nitrogens is 2. The van der Waals surface area contributed by atoms with Crippen LogP contribution in [0.1, 0.15) is 37.2 Å². The predicted molar refractivity (Wildman–Crippen MR) is 73.9 cm³/mol. The first-order chi connectivity index (χ1) is 10.0. The van der Waals surface area contributed by atoms with Crippen LogP contribution in [0.3, 0.4) is 0 Å². The molecule has 22 heavy (non-hydrogen) atoms. The topological polar surface area (TPSA) is 70.7 Å². The zero-order chi connectivity index (χ0) is 17.1. The van der Waals surface area contributed by atoms with Crippen molar-refractivity contribution < 1.29 is 18.0 Å². The summed E-state index contributed by atoms with van der Waals surface area (Å²) in [6.45, 7) is 5.23. The van der Waals surface area contributed by atoms with Gasteiger partial charge in [0.05, 0.1) is 18.2 Å². The summed E-state index contributed by atoms with van der Waals surface area (Å²) in [5.41, 5.74) is 0.159. The Morgan fingerprint density at radius 3 is 2.45 bits per heavy atom. The maximum atomic E-state index is 12.5. The summed E-state index contributed by atoms with van der Waals surface area (Å²) in [6.07, 6.45) is -4.04. The van der Waals surface area contributed by atoms with Crippen LogP contribution in [0.5, 0.6) is 0 Å². The zero-order valence-electron chi connectivity index (χ0n) is 13.0. The molecule has 0 saturated carbocycles. The highest BCUT2D eigenvalue weighted by molar-refractivity contribution is 5.80. The fourth-order valence-corrected chi connectivity index (χ4v) is 2.02. The van der Waals surface area contributed by atoms with Crippen molar-refractivity contribution in [1.29, 1.82) is 5.26 Å². The number of nitrogens with zero attached hydrogens (tertiary/aromatic N) is 3. The minimum Gasteiger partial charge on any atom is -0.338 e. The van der Waals surface area contributed by atoms with Crippen molar-refractivity contribution in [3.05, 3.63) is 17.0 Å². The van der Waals surface area contributed by atoms with E-state index in [-0.39, 0.29) is 6.42 Å². The second-order valence-corrected chi connectivity index (χ2v) is 5.44. The van der Waals surface area contributed by atoms with E-state index in [0.717, 1.165) is 4.68 Å². The highest BCUT2D eigenvalue weighted by Gasteiger charge is 2.31. The Labute approximate surface area is 127 Å². The fourth-order valence-electron chi connectivity index (χ4n) is 2.02. The number of nitriles is 1. The number of carbonyl (C=O) groups excluding carboxylic acids is 1. The van der Waals surface area contributed by atoms with Crippen molar-refractivity contribution in [3.8, 4) is 6.07 Å². The number of amides is 1. The zero-order valence-corrected chi connectivity index (χ0v) is 13.0. The Hall–Kier alpha value is -2.04. The average Bonchev–Trinajstić information content (AvgIpc) is 2.64. The first-order valence-corrected chi connectivity index (χ1v) is 6.83. The van der Waals surface area contributed by atoms with Gasteiger partial charge < -0.3 is 5.32 Å². The van der Waals surface area contributed by atoms with E-state index in [2.05, 4.69) is 10.4 Å². The lowest BCUT2D eigenvalue weighted by atomic mass is 10.0. The molecule has 5 nitrogen and oxygen atoms in total. The van der Waals surface area contributed by atoms with Crippen LogP contribution in [0.4, 0.5) is 13.2 Å². The number of aryl methyl sites for hydroxylation is 1. The molecule has 1 aromatic rings. The van der Waals surface area contributed by atoms with E-state index < -0.39 is 24.2 Å². The van der Waals surface area contributed by atoms with Crippen LogP contribution in [-0.4, -0.2) is 27.4 Å². The largest absolute Gasteiger partial charge is 0.408 e. The van der Waals surface area contributed by atoms with Crippen LogP contribution < -0.4 is 5.32 Å². The van der Waals surface area contributed by atoms with E-state index in [9.17, 15) is 18.0 Å². The van der Waals surface area contributed by atoms with E-state index >= 15 is 0 Å². The Balaban J connectivity index is 2.91. The molecule has 122 valence electrons. The SMILES string of the molecule is CC[C@](C)(C#N)NC(=O)Cc1c(C)nn(CC(F)(F)F)c1C. The van der Waals surface area contributed by atoms with Crippen molar-refractivity contribution in [3.63, 3.8) is 0 Å². The van der Waals surface area contributed by atoms with Crippen molar-refractivity contribution in [2.75, 3.05) is 0 Å². The van der Waals surface area contributed by atoms with Crippen molar-refractivity contribution >= 4 is 5.91 Å². The second-order valence-electron chi connectivity index (χ2n) is 5.44. The average molecular weight is 316 g/mol. The smallest absolute Gasteiger partial charge is 0.338 e. The number of carbonyl (C=O) groups is 1. The summed E-state index contributed by atoms with van der Waals surface area (Å²) in [5.74, 6) is -0.413. The lowest BCUT2D eigenvalue weighted by Gasteiger charge is -2.21. The van der Waals surface area contributed by atoms with Gasteiger partial charge in [-0.15, -0.1) is 0 Å². The van der Waals surface area contributed by atoms with Crippen LogP contribution in [0.2, 0.25) is 0 Å². The van der Waals surface area contributed by atoms with Gasteiger partial charge in [0.1, 0.15) is 12.1 Å². The van der Waals surface area contributed by atoms with Gasteiger partial charge in [0.15, 0.2) is 0 Å². The van der Waals surface area contributed by atoms with Gasteiger partial charge >= 0.3 is 6.18 Å². The molecule has 1 N–H and O–H groups in total. The molecule has 0 aliphatic rings. The lowest BCUT2D eigenvalue weighted by molar-refractivity contribution is -0.143. The van der Waals surface area contributed by atoms with Gasteiger partial charge in [0.2, 0.25) is 5.91 Å². The number of nitrogens with one attached hydrogen (secondary N) is 1. The van der Waals surface area contributed by atoms with Gasteiger partial charge in [0.25, 0.3) is 0 Å². The molecule has 0 spiro atoms. The summed E-state index contributed by atoms with van der Waals surface area (Å²) in [6, 6.07) is 2.01. The monoisotopic (exact) mass is 316 g/mol. The minimum absolute atomic E-state index is 0.104. The Morgan fingerprint density at radius 2 is 2.00 bits per heavy atom. The van der Waals surface area contributed by atoms with Crippen LogP contribution in [0, 0.1) is 25.2 Å². The maximum Gasteiger partial charge on any atom is 0.408 e. The third kappa shape index (κ3) is 4.48. The quantitative estimate of drug-likeness (QED) is 0.907. The Morgan fingerprint density at radius 1 is 1.41 bits per heavy atom. The van der Waals surface area contributed by atoms with E-state index in [0.29, 0.717) is 23.4 Å². The summed E-state index contributed by atoms with van der Waals surface area (Å²) < 4.78 is 38.2. The molecular formula is C14H19F3N4O.